The topological polar surface area (TPSA) is 197 Å². The number of rotatable bonds is 6. The molecule has 126 valence electrons. The van der Waals surface area contributed by atoms with Crippen LogP contribution in [0.3, 0.4) is 0 Å². The van der Waals surface area contributed by atoms with Gasteiger partial charge in [-0.2, -0.15) is 10.5 Å². The van der Waals surface area contributed by atoms with E-state index in [9.17, 15) is 19.2 Å². The number of nitrogens with zero attached hydrogens (tertiary/aromatic N) is 2. The molecular weight excluding hydrogens is 356 g/mol. The van der Waals surface area contributed by atoms with Crippen LogP contribution in [-0.2, 0) is 19.2 Å². The fourth-order valence-electron chi connectivity index (χ4n) is 1.58. The van der Waals surface area contributed by atoms with Gasteiger partial charge in [0.05, 0.1) is 11.1 Å². The molecule has 1 aromatic heterocycles. The molecular formula is C14H6N2O8S. The van der Waals surface area contributed by atoms with Gasteiger partial charge in [-0.3, -0.25) is 0 Å². The van der Waals surface area contributed by atoms with E-state index in [1.807, 2.05) is 0 Å². The van der Waals surface area contributed by atoms with Gasteiger partial charge < -0.3 is 20.4 Å². The van der Waals surface area contributed by atoms with Crippen molar-refractivity contribution < 1.29 is 39.6 Å². The summed E-state index contributed by atoms with van der Waals surface area (Å²) >= 11 is 0.510. The zero-order valence-corrected chi connectivity index (χ0v) is 12.7. The van der Waals surface area contributed by atoms with Gasteiger partial charge in [0.1, 0.15) is 23.3 Å². The van der Waals surface area contributed by atoms with Gasteiger partial charge in [-0.15, -0.1) is 11.3 Å². The molecule has 0 spiro atoms. The van der Waals surface area contributed by atoms with Gasteiger partial charge >= 0.3 is 23.9 Å². The zero-order chi connectivity index (χ0) is 19.3. The van der Waals surface area contributed by atoms with Gasteiger partial charge in [0.15, 0.2) is 0 Å². The van der Waals surface area contributed by atoms with E-state index in [1.54, 1.807) is 12.1 Å². The lowest BCUT2D eigenvalue weighted by Gasteiger charge is -1.94. The Hall–Kier alpha value is -3.96. The maximum atomic E-state index is 10.9. The van der Waals surface area contributed by atoms with Gasteiger partial charge in [0, 0.05) is 9.75 Å². The van der Waals surface area contributed by atoms with Crippen LogP contribution in [0.5, 0.6) is 0 Å². The number of carboxylic acid groups (broad SMARTS) is 4. The highest BCUT2D eigenvalue weighted by Crippen LogP contribution is 2.31. The molecule has 1 heterocycles. The Morgan fingerprint density at radius 2 is 1.00 bits per heavy atom. The number of hydrogen-bond acceptors (Lipinski definition) is 7. The number of carboxylic acids is 4. The maximum Gasteiger partial charge on any atom is 0.343 e. The van der Waals surface area contributed by atoms with E-state index in [0.717, 1.165) is 0 Å². The molecule has 0 aliphatic carbocycles. The van der Waals surface area contributed by atoms with Crippen molar-refractivity contribution in [1.82, 2.24) is 0 Å². The summed E-state index contributed by atoms with van der Waals surface area (Å²) in [4.78, 5) is 43.1. The highest BCUT2D eigenvalue weighted by atomic mass is 32.1. The zero-order valence-electron chi connectivity index (χ0n) is 11.9. The molecule has 1 aromatic rings. The monoisotopic (exact) mass is 362 g/mol. The van der Waals surface area contributed by atoms with Crippen LogP contribution in [0.25, 0.3) is 12.2 Å². The maximum absolute atomic E-state index is 10.9. The number of thiophene rings is 1. The highest BCUT2D eigenvalue weighted by Gasteiger charge is 2.23. The quantitative estimate of drug-likeness (QED) is 0.316. The molecule has 1 rings (SSSR count). The molecule has 0 atom stereocenters. The molecule has 10 nitrogen and oxygen atoms in total. The second-order valence-electron chi connectivity index (χ2n) is 4.14. The van der Waals surface area contributed by atoms with E-state index >= 15 is 0 Å². The second-order valence-corrected chi connectivity index (χ2v) is 5.22. The Morgan fingerprint density at radius 1 is 0.720 bits per heavy atom. The average molecular weight is 362 g/mol. The van der Waals surface area contributed by atoms with Crippen LogP contribution in [0.15, 0.2) is 11.1 Å². The summed E-state index contributed by atoms with van der Waals surface area (Å²) in [6, 6.07) is 3.17. The largest absolute Gasteiger partial charge is 0.477 e. The first kappa shape index (κ1) is 19.1. The highest BCUT2D eigenvalue weighted by molar-refractivity contribution is 7.14. The lowest BCUT2D eigenvalue weighted by atomic mass is 10.1. The van der Waals surface area contributed by atoms with Crippen LogP contribution in [-0.4, -0.2) is 44.3 Å². The molecule has 0 aliphatic rings. The van der Waals surface area contributed by atoms with Crippen molar-refractivity contribution in [3.05, 3.63) is 32.0 Å². The lowest BCUT2D eigenvalue weighted by molar-refractivity contribution is -0.142. The summed E-state index contributed by atoms with van der Waals surface area (Å²) in [6.07, 6.45) is 1.26. The first-order chi connectivity index (χ1) is 11.6. The molecule has 0 aliphatic heterocycles. The van der Waals surface area contributed by atoms with Crippen LogP contribution in [0.1, 0.15) is 20.9 Å². The van der Waals surface area contributed by atoms with Crippen LogP contribution < -0.4 is 0 Å². The van der Waals surface area contributed by atoms with Gasteiger partial charge in [0.25, 0.3) is 0 Å². The van der Waals surface area contributed by atoms with Crippen LogP contribution in [0.4, 0.5) is 0 Å². The Morgan fingerprint density at radius 3 is 1.20 bits per heavy atom. The van der Waals surface area contributed by atoms with Gasteiger partial charge in [-0.1, -0.05) is 0 Å². The third kappa shape index (κ3) is 4.07. The van der Waals surface area contributed by atoms with Crippen LogP contribution >= 0.6 is 11.3 Å². The molecule has 25 heavy (non-hydrogen) atoms. The van der Waals surface area contributed by atoms with Crippen LogP contribution in [0.2, 0.25) is 0 Å². The minimum Gasteiger partial charge on any atom is -0.477 e. The first-order valence-corrected chi connectivity index (χ1v) is 6.79. The second kappa shape index (κ2) is 7.54. The Labute approximate surface area is 142 Å². The first-order valence-electron chi connectivity index (χ1n) is 5.97. The van der Waals surface area contributed by atoms with Gasteiger partial charge in [-0.05, 0) is 12.2 Å². The molecule has 0 unspecified atom stereocenters. The minimum atomic E-state index is -1.79. The number of carbonyl (C=O) groups is 4. The molecule has 0 fully saturated rings. The predicted octanol–water partition coefficient (Wildman–Crippen LogP) is 0.597. The molecule has 0 bridgehead atoms. The van der Waals surface area contributed by atoms with Crippen molar-refractivity contribution in [2.24, 2.45) is 0 Å². The molecule has 11 heteroatoms. The number of nitriles is 2. The van der Waals surface area contributed by atoms with Crippen LogP contribution in [0, 0.1) is 22.7 Å². The summed E-state index contributed by atoms with van der Waals surface area (Å²) in [5.41, 5.74) is -2.97. The predicted molar refractivity (Wildman–Crippen MR) is 80.2 cm³/mol. The normalized spacial score (nSPS) is 9.20. The number of aliphatic carboxylic acids is 4. The van der Waals surface area contributed by atoms with E-state index in [0.29, 0.717) is 23.5 Å². The van der Waals surface area contributed by atoms with E-state index in [-0.39, 0.29) is 9.75 Å². The fraction of sp³-hybridized carbons (Fsp3) is 0. The van der Waals surface area contributed by atoms with Crippen molar-refractivity contribution in [3.63, 3.8) is 0 Å². The van der Waals surface area contributed by atoms with Crippen molar-refractivity contribution in [3.8, 4) is 12.1 Å². The lowest BCUT2D eigenvalue weighted by Crippen LogP contribution is -2.10. The van der Waals surface area contributed by atoms with E-state index in [1.165, 1.54) is 0 Å². The number of hydrogen-bond donors (Lipinski definition) is 4. The third-order valence-electron chi connectivity index (χ3n) is 2.66. The smallest absolute Gasteiger partial charge is 0.343 e. The summed E-state index contributed by atoms with van der Waals surface area (Å²) in [5, 5.41) is 53.6. The van der Waals surface area contributed by atoms with Crippen molar-refractivity contribution >= 4 is 47.4 Å². The molecule has 0 radical (unpaired) electrons. The fourth-order valence-corrected chi connectivity index (χ4v) is 2.67. The Balaban J connectivity index is 3.76. The van der Waals surface area contributed by atoms with Gasteiger partial charge in [-0.25, -0.2) is 19.2 Å². The van der Waals surface area contributed by atoms with Crippen molar-refractivity contribution in [1.29, 1.82) is 10.5 Å². The standard InChI is InChI=1S/C14H6N2O8S/c15-3-7-8(4-16)10(2-6(13(21)22)14(23)24)25-9(7)1-5(11(17)18)12(19)20/h1-2H,(H,17,18)(H,19,20)(H,21,22)(H,23,24). The summed E-state index contributed by atoms with van der Waals surface area (Å²) in [6.45, 7) is 0. The Kier molecular flexibility index (Phi) is 5.76. The molecule has 0 saturated heterocycles. The SMILES string of the molecule is N#Cc1c(C=C(C(=O)O)C(=O)O)sc(C=C(C(=O)O)C(=O)O)c1C#N. The molecule has 0 saturated carbocycles. The average Bonchev–Trinajstić information content (AvgIpc) is 2.85. The van der Waals surface area contributed by atoms with Crippen molar-refractivity contribution in [2.75, 3.05) is 0 Å². The summed E-state index contributed by atoms with van der Waals surface area (Å²) in [7, 11) is 0. The summed E-state index contributed by atoms with van der Waals surface area (Å²) < 4.78 is 0. The Bertz CT molecular complexity index is 833. The van der Waals surface area contributed by atoms with E-state index < -0.39 is 46.2 Å². The molecule has 0 aromatic carbocycles. The van der Waals surface area contributed by atoms with Crippen molar-refractivity contribution in [2.45, 2.75) is 0 Å². The third-order valence-corrected chi connectivity index (χ3v) is 3.74. The molecule has 4 N–H and O–H groups in total. The van der Waals surface area contributed by atoms with E-state index in [2.05, 4.69) is 0 Å². The minimum absolute atomic E-state index is 0.236. The summed E-state index contributed by atoms with van der Waals surface area (Å²) in [5.74, 6) is -7.18. The van der Waals surface area contributed by atoms with E-state index in [4.69, 9.17) is 30.9 Å². The molecule has 0 amide bonds. The van der Waals surface area contributed by atoms with Gasteiger partial charge in [0.2, 0.25) is 0 Å².